The summed E-state index contributed by atoms with van der Waals surface area (Å²) < 4.78 is 59.8. The fraction of sp³-hybridized carbons (Fsp3) is 0.909. The number of hydrogen-bond acceptors (Lipinski definition) is 4. The van der Waals surface area contributed by atoms with Gasteiger partial charge in [0.15, 0.2) is 0 Å². The van der Waals surface area contributed by atoms with Crippen LogP contribution in [0.2, 0.25) is 0 Å². The Hall–Kier alpha value is -0.670. The van der Waals surface area contributed by atoms with Crippen molar-refractivity contribution in [1.82, 2.24) is 9.62 Å². The smallest absolute Gasteiger partial charge is 0.302 e. The van der Waals surface area contributed by atoms with Gasteiger partial charge >= 0.3 is 6.18 Å². The molecule has 1 heterocycles. The first-order valence-corrected chi connectivity index (χ1v) is 8.17. The molecule has 1 aliphatic rings. The van der Waals surface area contributed by atoms with Crippen LogP contribution in [-0.2, 0) is 14.8 Å². The second-order valence-electron chi connectivity index (χ2n) is 5.09. The third-order valence-corrected chi connectivity index (χ3v) is 4.38. The van der Waals surface area contributed by atoms with Crippen molar-refractivity contribution in [2.24, 2.45) is 5.92 Å². The van der Waals surface area contributed by atoms with Crippen molar-refractivity contribution in [2.45, 2.75) is 25.4 Å². The molecule has 20 heavy (non-hydrogen) atoms. The molecular formula is C11H19F3N2O3S. The Kier molecular flexibility index (Phi) is 5.96. The number of nitrogens with zero attached hydrogens (tertiary/aromatic N) is 1. The highest BCUT2D eigenvalue weighted by atomic mass is 32.2. The summed E-state index contributed by atoms with van der Waals surface area (Å²) in [6.07, 6.45) is -1.73. The van der Waals surface area contributed by atoms with E-state index in [9.17, 15) is 26.4 Å². The Morgan fingerprint density at radius 3 is 2.60 bits per heavy atom. The summed E-state index contributed by atoms with van der Waals surface area (Å²) >= 11 is 0. The molecule has 0 radical (unpaired) electrons. The molecule has 0 bridgehead atoms. The molecule has 0 aromatic heterocycles. The zero-order chi connectivity index (χ0) is 15.4. The highest BCUT2D eigenvalue weighted by Crippen LogP contribution is 2.21. The van der Waals surface area contributed by atoms with Crippen molar-refractivity contribution < 1.29 is 26.4 Å². The summed E-state index contributed by atoms with van der Waals surface area (Å²) in [5.74, 6) is -0.437. The van der Waals surface area contributed by atoms with E-state index in [-0.39, 0.29) is 31.2 Å². The van der Waals surface area contributed by atoms with E-state index in [0.29, 0.717) is 13.0 Å². The van der Waals surface area contributed by atoms with Gasteiger partial charge < -0.3 is 5.32 Å². The Balaban J connectivity index is 2.35. The van der Waals surface area contributed by atoms with Gasteiger partial charge in [-0.1, -0.05) is 0 Å². The van der Waals surface area contributed by atoms with Crippen LogP contribution in [0.25, 0.3) is 0 Å². The molecule has 118 valence electrons. The van der Waals surface area contributed by atoms with Gasteiger partial charge in [-0.15, -0.1) is 0 Å². The summed E-state index contributed by atoms with van der Waals surface area (Å²) in [7, 11) is -3.27. The Morgan fingerprint density at radius 2 is 2.05 bits per heavy atom. The molecule has 0 spiro atoms. The number of carbonyl (C=O) groups is 1. The van der Waals surface area contributed by atoms with Crippen LogP contribution in [0.5, 0.6) is 0 Å². The monoisotopic (exact) mass is 316 g/mol. The maximum Gasteiger partial charge on any atom is 0.401 e. The average molecular weight is 316 g/mol. The maximum atomic E-state index is 11.9. The van der Waals surface area contributed by atoms with Crippen molar-refractivity contribution in [3.8, 4) is 0 Å². The van der Waals surface area contributed by atoms with Crippen LogP contribution in [0.15, 0.2) is 0 Å². The lowest BCUT2D eigenvalue weighted by atomic mass is 9.94. The van der Waals surface area contributed by atoms with Crippen LogP contribution < -0.4 is 5.32 Å². The van der Waals surface area contributed by atoms with Crippen LogP contribution in [0.4, 0.5) is 13.2 Å². The van der Waals surface area contributed by atoms with Crippen molar-refractivity contribution in [2.75, 3.05) is 32.4 Å². The highest BCUT2D eigenvalue weighted by molar-refractivity contribution is 7.88. The van der Waals surface area contributed by atoms with Crippen LogP contribution >= 0.6 is 0 Å². The highest BCUT2D eigenvalue weighted by Gasteiger charge is 2.28. The topological polar surface area (TPSA) is 66.5 Å². The maximum absolute atomic E-state index is 11.9. The molecule has 1 fully saturated rings. The van der Waals surface area contributed by atoms with Gasteiger partial charge in [0, 0.05) is 19.5 Å². The van der Waals surface area contributed by atoms with Crippen molar-refractivity contribution in [1.29, 1.82) is 0 Å². The van der Waals surface area contributed by atoms with Crippen LogP contribution in [0, 0.1) is 5.92 Å². The normalized spacial score (nSPS) is 21.9. The quantitative estimate of drug-likeness (QED) is 0.786. The number of Topliss-reactive ketones (excluding diaryl/α,β-unsaturated/α-hetero) is 1. The SMILES string of the molecule is CS(=O)(=O)N1CCCC(CC(=O)CNCC(F)(F)F)C1. The molecule has 1 aliphatic heterocycles. The summed E-state index contributed by atoms with van der Waals surface area (Å²) in [6.45, 7) is -0.826. The Morgan fingerprint density at radius 1 is 1.40 bits per heavy atom. The van der Waals surface area contributed by atoms with E-state index in [1.54, 1.807) is 0 Å². The number of carbonyl (C=O) groups excluding carboxylic acids is 1. The molecule has 1 rings (SSSR count). The number of piperidine rings is 1. The molecule has 9 heteroatoms. The molecule has 5 nitrogen and oxygen atoms in total. The van der Waals surface area contributed by atoms with E-state index in [2.05, 4.69) is 0 Å². The van der Waals surface area contributed by atoms with Gasteiger partial charge in [0.1, 0.15) is 5.78 Å². The molecule has 1 saturated heterocycles. The van der Waals surface area contributed by atoms with E-state index in [4.69, 9.17) is 0 Å². The summed E-state index contributed by atoms with van der Waals surface area (Å²) in [4.78, 5) is 11.6. The van der Waals surface area contributed by atoms with Gasteiger partial charge in [-0.2, -0.15) is 13.2 Å². The van der Waals surface area contributed by atoms with E-state index >= 15 is 0 Å². The largest absolute Gasteiger partial charge is 0.401 e. The molecule has 0 amide bonds. The molecule has 0 aromatic rings. The predicted octanol–water partition coefficient (Wildman–Crippen LogP) is 0.769. The lowest BCUT2D eigenvalue weighted by molar-refractivity contribution is -0.128. The molecule has 1 unspecified atom stereocenters. The predicted molar refractivity (Wildman–Crippen MR) is 67.7 cm³/mol. The number of hydrogen-bond donors (Lipinski definition) is 1. The minimum atomic E-state index is -4.34. The minimum Gasteiger partial charge on any atom is -0.302 e. The number of rotatable bonds is 6. The fourth-order valence-corrected chi connectivity index (χ4v) is 3.17. The van der Waals surface area contributed by atoms with Gasteiger partial charge in [-0.05, 0) is 18.8 Å². The molecule has 1 N–H and O–H groups in total. The number of sulfonamides is 1. The van der Waals surface area contributed by atoms with Gasteiger partial charge in [0.05, 0.1) is 19.3 Å². The first-order valence-electron chi connectivity index (χ1n) is 6.32. The molecule has 0 aromatic carbocycles. The van der Waals surface area contributed by atoms with Crippen LogP contribution in [-0.4, -0.2) is 57.1 Å². The summed E-state index contributed by atoms with van der Waals surface area (Å²) in [6, 6.07) is 0. The van der Waals surface area contributed by atoms with E-state index < -0.39 is 22.7 Å². The zero-order valence-electron chi connectivity index (χ0n) is 11.2. The summed E-state index contributed by atoms with van der Waals surface area (Å²) in [5.41, 5.74) is 0. The first-order chi connectivity index (χ1) is 9.08. The van der Waals surface area contributed by atoms with E-state index in [1.807, 2.05) is 5.32 Å². The van der Waals surface area contributed by atoms with Gasteiger partial charge in [0.2, 0.25) is 10.0 Å². The van der Waals surface area contributed by atoms with Crippen LogP contribution in [0.1, 0.15) is 19.3 Å². The minimum absolute atomic E-state index is 0.108. The van der Waals surface area contributed by atoms with E-state index in [0.717, 1.165) is 12.7 Å². The van der Waals surface area contributed by atoms with Crippen molar-refractivity contribution >= 4 is 15.8 Å². The second kappa shape index (κ2) is 6.86. The molecule has 0 saturated carbocycles. The van der Waals surface area contributed by atoms with E-state index in [1.165, 1.54) is 4.31 Å². The molecular weight excluding hydrogens is 297 g/mol. The molecule has 0 aliphatic carbocycles. The van der Waals surface area contributed by atoms with Gasteiger partial charge in [-0.25, -0.2) is 12.7 Å². The lowest BCUT2D eigenvalue weighted by Gasteiger charge is -2.30. The standard InChI is InChI=1S/C11H19F3N2O3S/c1-20(18,19)16-4-2-3-9(7-16)5-10(17)6-15-8-11(12,13)14/h9,15H,2-8H2,1H3. The van der Waals surface area contributed by atoms with Crippen LogP contribution in [0.3, 0.4) is 0 Å². The van der Waals surface area contributed by atoms with Crippen molar-refractivity contribution in [3.05, 3.63) is 0 Å². The lowest BCUT2D eigenvalue weighted by Crippen LogP contribution is -2.40. The Labute approximate surface area is 116 Å². The summed E-state index contributed by atoms with van der Waals surface area (Å²) in [5, 5.41) is 2.05. The fourth-order valence-electron chi connectivity index (χ4n) is 2.23. The van der Waals surface area contributed by atoms with Crippen molar-refractivity contribution in [3.63, 3.8) is 0 Å². The first kappa shape index (κ1) is 17.4. The zero-order valence-corrected chi connectivity index (χ0v) is 12.1. The van der Waals surface area contributed by atoms with Gasteiger partial charge in [-0.3, -0.25) is 4.79 Å². The van der Waals surface area contributed by atoms with Gasteiger partial charge in [0.25, 0.3) is 0 Å². The molecule has 1 atom stereocenters. The number of ketones is 1. The number of nitrogens with one attached hydrogen (secondary N) is 1. The number of halogens is 3. The third-order valence-electron chi connectivity index (χ3n) is 3.11. The Bertz CT molecular complexity index is 437. The third kappa shape index (κ3) is 6.67. The number of alkyl halides is 3. The average Bonchev–Trinajstić information content (AvgIpc) is 2.26. The second-order valence-corrected chi connectivity index (χ2v) is 7.07.